The maximum Gasteiger partial charge on any atom is 0.269 e. The van der Waals surface area contributed by atoms with Gasteiger partial charge in [0.1, 0.15) is 5.75 Å². The first-order chi connectivity index (χ1) is 16.8. The van der Waals surface area contributed by atoms with E-state index in [4.69, 9.17) is 22.1 Å². The van der Waals surface area contributed by atoms with Gasteiger partial charge < -0.3 is 20.7 Å². The Labute approximate surface area is 207 Å². The molecule has 0 heterocycles. The summed E-state index contributed by atoms with van der Waals surface area (Å²) in [6.07, 6.45) is 0.607. The summed E-state index contributed by atoms with van der Waals surface area (Å²) in [6, 6.07) is 17.1. The van der Waals surface area contributed by atoms with E-state index in [-0.39, 0.29) is 23.7 Å². The topological polar surface area (TPSA) is 128 Å². The number of benzene rings is 3. The number of amides is 2. The molecule has 35 heavy (non-hydrogen) atoms. The average Bonchev–Trinajstić information content (AvgIpc) is 2.87. The number of hydrogen-bond acceptors (Lipinski definition) is 6. The second-order valence-corrected chi connectivity index (χ2v) is 8.07. The zero-order valence-corrected chi connectivity index (χ0v) is 19.8. The zero-order valence-electron chi connectivity index (χ0n) is 19.1. The standard InChI is InChI=1S/C25H25ClN4O5/c1-35-22-10-5-18(6-11-22)25(32)29(14-2-13-27)16-19-15-20(7-12-23(19)26)28-24(31)17-3-8-21(9-4-17)30(33)34/h3-12,15H,2,13-14,16,27H2,1H3,(H,28,31). The fourth-order valence-corrected chi connectivity index (χ4v) is 3.55. The van der Waals surface area contributed by atoms with Crippen LogP contribution in [0.3, 0.4) is 0 Å². The minimum atomic E-state index is -0.531. The van der Waals surface area contributed by atoms with Gasteiger partial charge in [0.05, 0.1) is 12.0 Å². The number of nitro groups is 1. The van der Waals surface area contributed by atoms with E-state index in [2.05, 4.69) is 5.32 Å². The molecule has 3 N–H and O–H groups in total. The Morgan fingerprint density at radius 2 is 1.71 bits per heavy atom. The van der Waals surface area contributed by atoms with Crippen LogP contribution in [0.4, 0.5) is 11.4 Å². The molecule has 0 aliphatic heterocycles. The molecule has 3 rings (SSSR count). The number of carbonyl (C=O) groups is 2. The van der Waals surface area contributed by atoms with E-state index in [0.717, 1.165) is 0 Å². The van der Waals surface area contributed by atoms with E-state index < -0.39 is 10.8 Å². The van der Waals surface area contributed by atoms with Crippen LogP contribution in [0.25, 0.3) is 0 Å². The predicted molar refractivity (Wildman–Crippen MR) is 134 cm³/mol. The number of ether oxygens (including phenoxy) is 1. The van der Waals surface area contributed by atoms with Crippen molar-refractivity contribution < 1.29 is 19.2 Å². The van der Waals surface area contributed by atoms with E-state index >= 15 is 0 Å². The lowest BCUT2D eigenvalue weighted by molar-refractivity contribution is -0.384. The lowest BCUT2D eigenvalue weighted by Gasteiger charge is -2.24. The number of rotatable bonds is 10. The van der Waals surface area contributed by atoms with Crippen LogP contribution in [0.2, 0.25) is 5.02 Å². The number of anilines is 1. The van der Waals surface area contributed by atoms with Gasteiger partial charge in [-0.1, -0.05) is 11.6 Å². The van der Waals surface area contributed by atoms with Crippen LogP contribution < -0.4 is 15.8 Å². The van der Waals surface area contributed by atoms with E-state index in [1.165, 1.54) is 24.3 Å². The maximum atomic E-state index is 13.2. The molecule has 182 valence electrons. The van der Waals surface area contributed by atoms with Gasteiger partial charge in [0.15, 0.2) is 0 Å². The van der Waals surface area contributed by atoms with Crippen molar-refractivity contribution in [3.8, 4) is 5.75 Å². The van der Waals surface area contributed by atoms with Crippen LogP contribution >= 0.6 is 11.6 Å². The summed E-state index contributed by atoms with van der Waals surface area (Å²) in [5.41, 5.74) is 7.46. The van der Waals surface area contributed by atoms with E-state index in [1.807, 2.05) is 0 Å². The molecular weight excluding hydrogens is 472 g/mol. The maximum absolute atomic E-state index is 13.2. The van der Waals surface area contributed by atoms with Gasteiger partial charge in [-0.25, -0.2) is 0 Å². The zero-order chi connectivity index (χ0) is 25.4. The molecule has 0 fully saturated rings. The number of methoxy groups -OCH3 is 1. The summed E-state index contributed by atoms with van der Waals surface area (Å²) in [7, 11) is 1.56. The molecule has 0 spiro atoms. The summed E-state index contributed by atoms with van der Waals surface area (Å²) in [5, 5.41) is 14.0. The fourth-order valence-electron chi connectivity index (χ4n) is 3.37. The monoisotopic (exact) mass is 496 g/mol. The third kappa shape index (κ3) is 6.78. The number of nitrogens with two attached hydrogens (primary N) is 1. The SMILES string of the molecule is COc1ccc(C(=O)N(CCCN)Cc2cc(NC(=O)c3ccc([N+](=O)[O-])cc3)ccc2Cl)cc1. The smallest absolute Gasteiger partial charge is 0.269 e. The second-order valence-electron chi connectivity index (χ2n) is 7.66. The molecule has 0 saturated heterocycles. The van der Waals surface area contributed by atoms with Crippen molar-refractivity contribution in [1.29, 1.82) is 0 Å². The Kier molecular flexibility index (Phi) is 8.77. The van der Waals surface area contributed by atoms with Gasteiger partial charge in [0.25, 0.3) is 17.5 Å². The molecule has 0 atom stereocenters. The molecule has 10 heteroatoms. The molecule has 9 nitrogen and oxygen atoms in total. The first-order valence-electron chi connectivity index (χ1n) is 10.8. The first-order valence-corrected chi connectivity index (χ1v) is 11.2. The summed E-state index contributed by atoms with van der Waals surface area (Å²) in [4.78, 5) is 37.7. The van der Waals surface area contributed by atoms with Crippen LogP contribution in [0.1, 0.15) is 32.7 Å². The molecular formula is C25H25ClN4O5. The third-order valence-corrected chi connectivity index (χ3v) is 5.63. The average molecular weight is 497 g/mol. The number of non-ortho nitro benzene ring substituents is 1. The Hall–Kier alpha value is -3.95. The normalized spacial score (nSPS) is 10.5. The van der Waals surface area contributed by atoms with Crippen molar-refractivity contribution in [1.82, 2.24) is 4.90 Å². The summed E-state index contributed by atoms with van der Waals surface area (Å²) < 4.78 is 5.16. The van der Waals surface area contributed by atoms with Crippen LogP contribution in [-0.4, -0.2) is 41.8 Å². The van der Waals surface area contributed by atoms with Gasteiger partial charge >= 0.3 is 0 Å². The molecule has 0 aromatic heterocycles. The van der Waals surface area contributed by atoms with Crippen molar-refractivity contribution in [3.05, 3.63) is 98.6 Å². The van der Waals surface area contributed by atoms with E-state index in [1.54, 1.807) is 54.5 Å². The Bertz CT molecular complexity index is 1200. The number of nitrogens with zero attached hydrogens (tertiary/aromatic N) is 2. The molecule has 2 amide bonds. The van der Waals surface area contributed by atoms with E-state index in [9.17, 15) is 19.7 Å². The molecule has 0 unspecified atom stereocenters. The lowest BCUT2D eigenvalue weighted by Crippen LogP contribution is -2.32. The van der Waals surface area contributed by atoms with E-state index in [0.29, 0.717) is 47.1 Å². The van der Waals surface area contributed by atoms with Crippen LogP contribution in [0.5, 0.6) is 5.75 Å². The third-order valence-electron chi connectivity index (χ3n) is 5.26. The predicted octanol–water partition coefficient (Wildman–Crippen LogP) is 4.50. The number of halogens is 1. The van der Waals surface area contributed by atoms with Crippen molar-refractivity contribution in [2.75, 3.05) is 25.5 Å². The number of nitrogens with one attached hydrogen (secondary N) is 1. The molecule has 0 aliphatic rings. The highest BCUT2D eigenvalue weighted by atomic mass is 35.5. The highest BCUT2D eigenvalue weighted by molar-refractivity contribution is 6.31. The van der Waals surface area contributed by atoms with Gasteiger partial charge in [-0.05, 0) is 73.1 Å². The van der Waals surface area contributed by atoms with Gasteiger partial charge in [0, 0.05) is 47.1 Å². The first kappa shape index (κ1) is 25.7. The second kappa shape index (κ2) is 12.0. The van der Waals surface area contributed by atoms with Crippen LogP contribution in [0.15, 0.2) is 66.7 Å². The minimum Gasteiger partial charge on any atom is -0.497 e. The van der Waals surface area contributed by atoms with Crippen molar-refractivity contribution in [2.24, 2.45) is 5.73 Å². The van der Waals surface area contributed by atoms with Crippen molar-refractivity contribution >= 4 is 34.8 Å². The minimum absolute atomic E-state index is 0.102. The number of carbonyl (C=O) groups excluding carboxylic acids is 2. The van der Waals surface area contributed by atoms with Crippen molar-refractivity contribution in [2.45, 2.75) is 13.0 Å². The van der Waals surface area contributed by atoms with Crippen molar-refractivity contribution in [3.63, 3.8) is 0 Å². The van der Waals surface area contributed by atoms with Crippen LogP contribution in [0, 0.1) is 10.1 Å². The molecule has 0 saturated carbocycles. The Morgan fingerprint density at radius 3 is 2.31 bits per heavy atom. The summed E-state index contributed by atoms with van der Waals surface area (Å²) in [5.74, 6) is 0.0366. The molecule has 3 aromatic rings. The lowest BCUT2D eigenvalue weighted by atomic mass is 10.1. The number of hydrogen-bond donors (Lipinski definition) is 2. The fraction of sp³-hybridized carbons (Fsp3) is 0.200. The molecule has 3 aromatic carbocycles. The highest BCUT2D eigenvalue weighted by Crippen LogP contribution is 2.24. The summed E-state index contributed by atoms with van der Waals surface area (Å²) >= 11 is 6.41. The van der Waals surface area contributed by atoms with Gasteiger partial charge in [-0.2, -0.15) is 0 Å². The van der Waals surface area contributed by atoms with Gasteiger partial charge in [-0.15, -0.1) is 0 Å². The largest absolute Gasteiger partial charge is 0.497 e. The van der Waals surface area contributed by atoms with Crippen LogP contribution in [-0.2, 0) is 6.54 Å². The van der Waals surface area contributed by atoms with Gasteiger partial charge in [-0.3, -0.25) is 19.7 Å². The Balaban J connectivity index is 1.78. The molecule has 0 bridgehead atoms. The van der Waals surface area contributed by atoms with Gasteiger partial charge in [0.2, 0.25) is 0 Å². The number of nitro benzene ring substituents is 1. The summed E-state index contributed by atoms with van der Waals surface area (Å²) in [6.45, 7) is 1.06. The quantitative estimate of drug-likeness (QED) is 0.314. The molecule has 0 aliphatic carbocycles. The highest BCUT2D eigenvalue weighted by Gasteiger charge is 2.18. The Morgan fingerprint density at radius 1 is 1.06 bits per heavy atom. The molecule has 0 radical (unpaired) electrons.